The van der Waals surface area contributed by atoms with E-state index in [1.54, 1.807) is 0 Å². The van der Waals surface area contributed by atoms with Gasteiger partial charge in [-0.1, -0.05) is 18.0 Å². The minimum Gasteiger partial charge on any atom is -0.311 e. The number of rotatable bonds is 1. The van der Waals surface area contributed by atoms with Gasteiger partial charge in [-0.2, -0.15) is 0 Å². The van der Waals surface area contributed by atoms with Gasteiger partial charge in [-0.15, -0.1) is 0 Å². The van der Waals surface area contributed by atoms with E-state index in [4.69, 9.17) is 11.6 Å². The lowest BCUT2D eigenvalue weighted by Crippen LogP contribution is -2.30. The van der Waals surface area contributed by atoms with Gasteiger partial charge in [0.1, 0.15) is 0 Å². The van der Waals surface area contributed by atoms with E-state index in [2.05, 4.69) is 22.6 Å². The van der Waals surface area contributed by atoms with Crippen molar-refractivity contribution in [1.82, 2.24) is 0 Å². The lowest BCUT2D eigenvalue weighted by molar-refractivity contribution is -0.118. The van der Waals surface area contributed by atoms with Gasteiger partial charge < -0.3 is 4.90 Å². The molecule has 1 aliphatic rings. The first kappa shape index (κ1) is 12.2. The second-order valence-electron chi connectivity index (χ2n) is 3.95. The van der Waals surface area contributed by atoms with E-state index < -0.39 is 0 Å². The van der Waals surface area contributed by atoms with Crippen molar-refractivity contribution in [3.8, 4) is 0 Å². The molecule has 1 aliphatic heterocycles. The summed E-state index contributed by atoms with van der Waals surface area (Å²) in [5, 5.41) is 0.718. The third kappa shape index (κ3) is 2.69. The fourth-order valence-corrected chi connectivity index (χ4v) is 3.10. The molecular weight excluding hydrogens is 336 g/mol. The molecule has 0 aromatic heterocycles. The van der Waals surface area contributed by atoms with Crippen LogP contribution in [0.4, 0.5) is 5.69 Å². The SMILES string of the molecule is O=C1CCCCCN1c1ccc(Cl)cc1I. The number of hydrogen-bond donors (Lipinski definition) is 0. The molecular formula is C12H13ClINO. The highest BCUT2D eigenvalue weighted by Gasteiger charge is 2.19. The molecule has 0 radical (unpaired) electrons. The highest BCUT2D eigenvalue weighted by molar-refractivity contribution is 14.1. The highest BCUT2D eigenvalue weighted by Crippen LogP contribution is 2.28. The van der Waals surface area contributed by atoms with Crippen molar-refractivity contribution in [2.75, 3.05) is 11.4 Å². The van der Waals surface area contributed by atoms with Crippen LogP contribution in [-0.4, -0.2) is 12.5 Å². The number of amides is 1. The second-order valence-corrected chi connectivity index (χ2v) is 5.55. The Morgan fingerprint density at radius 1 is 1.25 bits per heavy atom. The molecule has 0 bridgehead atoms. The molecule has 86 valence electrons. The van der Waals surface area contributed by atoms with Crippen LogP contribution in [0.2, 0.25) is 5.02 Å². The number of halogens is 2. The Hall–Kier alpha value is -0.290. The van der Waals surface area contributed by atoms with Crippen molar-refractivity contribution < 1.29 is 4.79 Å². The molecule has 1 heterocycles. The predicted octanol–water partition coefficient (Wildman–Crippen LogP) is 3.85. The zero-order valence-electron chi connectivity index (χ0n) is 8.88. The van der Waals surface area contributed by atoms with E-state index in [1.807, 2.05) is 23.1 Å². The van der Waals surface area contributed by atoms with Crippen LogP contribution in [-0.2, 0) is 4.79 Å². The monoisotopic (exact) mass is 349 g/mol. The molecule has 1 amide bonds. The third-order valence-electron chi connectivity index (χ3n) is 2.77. The first-order valence-corrected chi connectivity index (χ1v) is 6.89. The molecule has 0 unspecified atom stereocenters. The van der Waals surface area contributed by atoms with Crippen molar-refractivity contribution in [1.29, 1.82) is 0 Å². The molecule has 0 atom stereocenters. The lowest BCUT2D eigenvalue weighted by atomic mass is 10.2. The number of nitrogens with zero attached hydrogens (tertiary/aromatic N) is 1. The van der Waals surface area contributed by atoms with Gasteiger partial charge in [0.2, 0.25) is 5.91 Å². The minimum absolute atomic E-state index is 0.234. The van der Waals surface area contributed by atoms with Crippen LogP contribution in [0.1, 0.15) is 25.7 Å². The van der Waals surface area contributed by atoms with Gasteiger partial charge in [0.25, 0.3) is 0 Å². The maximum absolute atomic E-state index is 11.9. The molecule has 2 nitrogen and oxygen atoms in total. The fourth-order valence-electron chi connectivity index (χ4n) is 1.94. The maximum atomic E-state index is 11.9. The number of anilines is 1. The summed E-state index contributed by atoms with van der Waals surface area (Å²) in [6.07, 6.45) is 3.91. The maximum Gasteiger partial charge on any atom is 0.227 e. The Morgan fingerprint density at radius 2 is 2.06 bits per heavy atom. The van der Waals surface area contributed by atoms with E-state index in [0.717, 1.165) is 40.1 Å². The van der Waals surface area contributed by atoms with Crippen LogP contribution >= 0.6 is 34.2 Å². The number of benzene rings is 1. The van der Waals surface area contributed by atoms with Crippen LogP contribution in [0.5, 0.6) is 0 Å². The Morgan fingerprint density at radius 3 is 2.81 bits per heavy atom. The first-order chi connectivity index (χ1) is 7.68. The van der Waals surface area contributed by atoms with Crippen LogP contribution in [0, 0.1) is 3.57 Å². The summed E-state index contributed by atoms with van der Waals surface area (Å²) >= 11 is 8.15. The Labute approximate surface area is 114 Å². The molecule has 4 heteroatoms. The van der Waals surface area contributed by atoms with Gasteiger partial charge in [0, 0.05) is 21.6 Å². The van der Waals surface area contributed by atoms with Gasteiger partial charge in [0.15, 0.2) is 0 Å². The standard InChI is InChI=1S/C12H13ClINO/c13-9-5-6-11(10(14)8-9)15-7-3-1-2-4-12(15)16/h5-6,8H,1-4,7H2. The largest absolute Gasteiger partial charge is 0.311 e. The van der Waals surface area contributed by atoms with E-state index in [0.29, 0.717) is 6.42 Å². The van der Waals surface area contributed by atoms with Crippen molar-refractivity contribution in [3.05, 3.63) is 26.8 Å². The Kier molecular flexibility index (Phi) is 4.08. The second kappa shape index (κ2) is 5.36. The molecule has 1 aromatic carbocycles. The lowest BCUT2D eigenvalue weighted by Gasteiger charge is -2.22. The van der Waals surface area contributed by atoms with E-state index in [1.165, 1.54) is 0 Å². The molecule has 0 N–H and O–H groups in total. The molecule has 0 saturated carbocycles. The van der Waals surface area contributed by atoms with Crippen LogP contribution in [0.3, 0.4) is 0 Å². The smallest absolute Gasteiger partial charge is 0.227 e. The summed E-state index contributed by atoms with van der Waals surface area (Å²) in [4.78, 5) is 13.8. The van der Waals surface area contributed by atoms with Crippen molar-refractivity contribution in [2.24, 2.45) is 0 Å². The summed E-state index contributed by atoms with van der Waals surface area (Å²) in [7, 11) is 0. The Balaban J connectivity index is 2.30. The average Bonchev–Trinajstić information content (AvgIpc) is 2.44. The molecule has 1 aromatic rings. The number of hydrogen-bond acceptors (Lipinski definition) is 1. The van der Waals surface area contributed by atoms with Gasteiger partial charge in [-0.05, 0) is 53.6 Å². The highest BCUT2D eigenvalue weighted by atomic mass is 127. The summed E-state index contributed by atoms with van der Waals surface area (Å²) in [6, 6.07) is 5.68. The predicted molar refractivity (Wildman–Crippen MR) is 75.0 cm³/mol. The van der Waals surface area contributed by atoms with Crippen LogP contribution < -0.4 is 4.90 Å². The average molecular weight is 350 g/mol. The zero-order chi connectivity index (χ0) is 11.5. The third-order valence-corrected chi connectivity index (χ3v) is 3.87. The summed E-state index contributed by atoms with van der Waals surface area (Å²) in [5.74, 6) is 0.234. The van der Waals surface area contributed by atoms with Gasteiger partial charge in [-0.3, -0.25) is 4.79 Å². The summed E-state index contributed by atoms with van der Waals surface area (Å²) in [5.41, 5.74) is 0.997. The molecule has 2 rings (SSSR count). The molecule has 0 aliphatic carbocycles. The van der Waals surface area contributed by atoms with Gasteiger partial charge >= 0.3 is 0 Å². The molecule has 0 spiro atoms. The van der Waals surface area contributed by atoms with E-state index in [9.17, 15) is 4.79 Å². The number of carbonyl (C=O) groups excluding carboxylic acids is 1. The summed E-state index contributed by atoms with van der Waals surface area (Å²) in [6.45, 7) is 0.830. The van der Waals surface area contributed by atoms with Crippen molar-refractivity contribution in [2.45, 2.75) is 25.7 Å². The van der Waals surface area contributed by atoms with Crippen molar-refractivity contribution >= 4 is 45.8 Å². The quantitative estimate of drug-likeness (QED) is 0.705. The van der Waals surface area contributed by atoms with Crippen molar-refractivity contribution in [3.63, 3.8) is 0 Å². The normalized spacial score (nSPS) is 17.4. The van der Waals surface area contributed by atoms with Gasteiger partial charge in [-0.25, -0.2) is 0 Å². The van der Waals surface area contributed by atoms with E-state index in [-0.39, 0.29) is 5.91 Å². The van der Waals surface area contributed by atoms with Crippen LogP contribution in [0.25, 0.3) is 0 Å². The van der Waals surface area contributed by atoms with Crippen LogP contribution in [0.15, 0.2) is 18.2 Å². The zero-order valence-corrected chi connectivity index (χ0v) is 11.8. The molecule has 16 heavy (non-hydrogen) atoms. The molecule has 1 fully saturated rings. The Bertz CT molecular complexity index is 408. The molecule has 1 saturated heterocycles. The number of carbonyl (C=O) groups is 1. The summed E-state index contributed by atoms with van der Waals surface area (Å²) < 4.78 is 1.04. The van der Waals surface area contributed by atoms with Gasteiger partial charge in [0.05, 0.1) is 5.69 Å². The fraction of sp³-hybridized carbons (Fsp3) is 0.417. The van der Waals surface area contributed by atoms with E-state index >= 15 is 0 Å². The topological polar surface area (TPSA) is 20.3 Å². The first-order valence-electron chi connectivity index (χ1n) is 5.44. The minimum atomic E-state index is 0.234.